The van der Waals surface area contributed by atoms with E-state index >= 15 is 0 Å². The molecule has 1 aliphatic carbocycles. The maximum Gasteiger partial charge on any atom is 0.411 e. The average molecular weight is 537 g/mol. The van der Waals surface area contributed by atoms with Crippen LogP contribution in [-0.4, -0.2) is 35.2 Å². The minimum Gasteiger partial charge on any atom is -0.481 e. The van der Waals surface area contributed by atoms with Crippen molar-refractivity contribution in [1.82, 2.24) is 5.32 Å². The molecule has 0 unspecified atom stereocenters. The van der Waals surface area contributed by atoms with E-state index < -0.39 is 23.5 Å². The summed E-state index contributed by atoms with van der Waals surface area (Å²) < 4.78 is 6.26. The van der Waals surface area contributed by atoms with Crippen molar-refractivity contribution < 1.29 is 24.2 Å². The van der Waals surface area contributed by atoms with Gasteiger partial charge in [-0.15, -0.1) is 0 Å². The van der Waals surface area contributed by atoms with Crippen molar-refractivity contribution >= 4 is 39.6 Å². The van der Waals surface area contributed by atoms with E-state index in [1.54, 1.807) is 32.0 Å². The number of carboxylic acids is 1. The van der Waals surface area contributed by atoms with Gasteiger partial charge in [-0.05, 0) is 54.3 Å². The number of amides is 2. The maximum atomic E-state index is 12.9. The Labute approximate surface area is 211 Å². The van der Waals surface area contributed by atoms with Gasteiger partial charge in [0.15, 0.2) is 0 Å². The van der Waals surface area contributed by atoms with E-state index in [4.69, 9.17) is 9.84 Å². The molecule has 7 nitrogen and oxygen atoms in total. The van der Waals surface area contributed by atoms with Crippen LogP contribution in [0.4, 0.5) is 10.5 Å². The summed E-state index contributed by atoms with van der Waals surface area (Å²) in [5, 5.41) is 14.5. The summed E-state index contributed by atoms with van der Waals surface area (Å²) in [5.74, 6) is -1.61. The molecule has 0 atom stereocenters. The smallest absolute Gasteiger partial charge is 0.411 e. The number of carbonyl (C=O) groups is 3. The molecular weight excluding hydrogens is 512 g/mol. The molecule has 35 heavy (non-hydrogen) atoms. The third-order valence-electron chi connectivity index (χ3n) is 5.85. The Hall–Kier alpha value is -3.65. The molecule has 0 aromatic heterocycles. The van der Waals surface area contributed by atoms with Gasteiger partial charge in [0.2, 0.25) is 0 Å². The van der Waals surface area contributed by atoms with Crippen LogP contribution in [0.15, 0.2) is 71.2 Å². The van der Waals surface area contributed by atoms with Crippen molar-refractivity contribution in [2.24, 2.45) is 0 Å². The molecule has 180 valence electrons. The number of hydrogen-bond acceptors (Lipinski definition) is 4. The van der Waals surface area contributed by atoms with Gasteiger partial charge in [0.25, 0.3) is 5.91 Å². The highest BCUT2D eigenvalue weighted by Gasteiger charge is 2.29. The number of fused-ring (bicyclic) bond motifs is 3. The lowest BCUT2D eigenvalue weighted by Gasteiger charge is -2.25. The number of halogens is 1. The van der Waals surface area contributed by atoms with Crippen LogP contribution in [0.25, 0.3) is 11.1 Å². The van der Waals surface area contributed by atoms with E-state index in [1.165, 1.54) is 0 Å². The molecule has 3 N–H and O–H groups in total. The van der Waals surface area contributed by atoms with Crippen LogP contribution in [0, 0.1) is 0 Å². The molecule has 0 spiro atoms. The first-order valence-electron chi connectivity index (χ1n) is 11.1. The molecule has 0 saturated heterocycles. The van der Waals surface area contributed by atoms with Crippen LogP contribution in [0.2, 0.25) is 0 Å². The molecule has 4 rings (SSSR count). The van der Waals surface area contributed by atoms with Crippen LogP contribution in [0.1, 0.15) is 47.7 Å². The molecule has 3 aromatic rings. The normalized spacial score (nSPS) is 12.4. The molecule has 2 amide bonds. The zero-order chi connectivity index (χ0) is 25.2. The van der Waals surface area contributed by atoms with E-state index in [2.05, 4.69) is 38.7 Å². The van der Waals surface area contributed by atoms with Crippen LogP contribution in [0.5, 0.6) is 0 Å². The lowest BCUT2D eigenvalue weighted by atomic mass is 9.98. The minimum atomic E-state index is -1.02. The molecule has 0 aliphatic heterocycles. The molecule has 0 bridgehead atoms. The van der Waals surface area contributed by atoms with Gasteiger partial charge < -0.3 is 15.2 Å². The Morgan fingerprint density at radius 3 is 2.17 bits per heavy atom. The summed E-state index contributed by atoms with van der Waals surface area (Å²) in [6, 6.07) is 20.9. The van der Waals surface area contributed by atoms with Crippen molar-refractivity contribution in [3.05, 3.63) is 87.9 Å². The standard InChI is InChI=1S/C27H25BrN2O5/c1-27(2,14-24(31)32)30-25(33)21-12-11-16(28)13-23(21)29-26(34)35-15-22-19-9-5-3-7-17(19)18-8-4-6-10-20(18)22/h3-13,22H,14-15H2,1-2H3,(H,29,34)(H,30,33)(H,31,32). The second-order valence-corrected chi connectivity index (χ2v) is 9.96. The first kappa shape index (κ1) is 24.5. The summed E-state index contributed by atoms with van der Waals surface area (Å²) in [7, 11) is 0. The number of nitrogens with one attached hydrogen (secondary N) is 2. The van der Waals surface area contributed by atoms with E-state index in [9.17, 15) is 14.4 Å². The van der Waals surface area contributed by atoms with Gasteiger partial charge in [0, 0.05) is 15.9 Å². The zero-order valence-corrected chi connectivity index (χ0v) is 20.9. The predicted molar refractivity (Wildman–Crippen MR) is 137 cm³/mol. The van der Waals surface area contributed by atoms with E-state index in [1.807, 2.05) is 36.4 Å². The Morgan fingerprint density at radius 2 is 1.57 bits per heavy atom. The van der Waals surface area contributed by atoms with Crippen molar-refractivity contribution in [2.75, 3.05) is 11.9 Å². The van der Waals surface area contributed by atoms with Crippen molar-refractivity contribution in [1.29, 1.82) is 0 Å². The molecule has 1 aliphatic rings. The number of benzene rings is 3. The minimum absolute atomic E-state index is 0.0877. The third kappa shape index (κ3) is 5.54. The lowest BCUT2D eigenvalue weighted by Crippen LogP contribution is -2.45. The highest BCUT2D eigenvalue weighted by Crippen LogP contribution is 2.44. The van der Waals surface area contributed by atoms with Crippen molar-refractivity contribution in [3.63, 3.8) is 0 Å². The summed E-state index contributed by atoms with van der Waals surface area (Å²) in [5.41, 5.74) is 3.94. The number of carbonyl (C=O) groups excluding carboxylic acids is 2. The van der Waals surface area contributed by atoms with Crippen molar-refractivity contribution in [3.8, 4) is 11.1 Å². The van der Waals surface area contributed by atoms with Gasteiger partial charge in [0.05, 0.1) is 17.7 Å². The topological polar surface area (TPSA) is 105 Å². The average Bonchev–Trinajstić information content (AvgIpc) is 3.10. The molecule has 0 radical (unpaired) electrons. The predicted octanol–water partition coefficient (Wildman–Crippen LogP) is 5.79. The summed E-state index contributed by atoms with van der Waals surface area (Å²) in [6.07, 6.45) is -0.937. The Bertz CT molecular complexity index is 1260. The van der Waals surface area contributed by atoms with Crippen LogP contribution in [-0.2, 0) is 9.53 Å². The SMILES string of the molecule is CC(C)(CC(=O)O)NC(=O)c1ccc(Br)cc1NC(=O)OCC1c2ccccc2-c2ccccc21. The van der Waals surface area contributed by atoms with E-state index in [0.29, 0.717) is 4.47 Å². The second kappa shape index (κ2) is 9.92. The van der Waals surface area contributed by atoms with Gasteiger partial charge in [-0.3, -0.25) is 14.9 Å². The number of aliphatic carboxylic acids is 1. The Kier molecular flexibility index (Phi) is 6.93. The first-order chi connectivity index (χ1) is 16.6. The van der Waals surface area contributed by atoms with Crippen LogP contribution >= 0.6 is 15.9 Å². The number of anilines is 1. The highest BCUT2D eigenvalue weighted by molar-refractivity contribution is 9.10. The Balaban J connectivity index is 1.48. The molecule has 0 saturated carbocycles. The quantitative estimate of drug-likeness (QED) is 0.354. The number of rotatable bonds is 7. The summed E-state index contributed by atoms with van der Waals surface area (Å²) >= 11 is 3.36. The second-order valence-electron chi connectivity index (χ2n) is 9.05. The largest absolute Gasteiger partial charge is 0.481 e. The number of ether oxygens (including phenoxy) is 1. The number of carboxylic acid groups (broad SMARTS) is 1. The van der Waals surface area contributed by atoms with Gasteiger partial charge in [-0.2, -0.15) is 0 Å². The van der Waals surface area contributed by atoms with Gasteiger partial charge >= 0.3 is 12.1 Å². The fourth-order valence-electron chi connectivity index (χ4n) is 4.36. The van der Waals surface area contributed by atoms with Crippen LogP contribution < -0.4 is 10.6 Å². The van der Waals surface area contributed by atoms with E-state index in [0.717, 1.165) is 22.3 Å². The van der Waals surface area contributed by atoms with Crippen molar-refractivity contribution in [2.45, 2.75) is 31.7 Å². The Morgan fingerprint density at radius 1 is 0.971 bits per heavy atom. The molecule has 8 heteroatoms. The third-order valence-corrected chi connectivity index (χ3v) is 6.34. The fourth-order valence-corrected chi connectivity index (χ4v) is 4.72. The van der Waals surface area contributed by atoms with Gasteiger partial charge in [0.1, 0.15) is 6.61 Å². The fraction of sp³-hybridized carbons (Fsp3) is 0.222. The zero-order valence-electron chi connectivity index (χ0n) is 19.3. The summed E-state index contributed by atoms with van der Waals surface area (Å²) in [6.45, 7) is 3.38. The maximum absolute atomic E-state index is 12.9. The van der Waals surface area contributed by atoms with E-state index in [-0.39, 0.29) is 30.2 Å². The first-order valence-corrected chi connectivity index (χ1v) is 11.9. The number of hydrogen-bond donors (Lipinski definition) is 3. The highest BCUT2D eigenvalue weighted by atomic mass is 79.9. The molecule has 0 fully saturated rings. The monoisotopic (exact) mass is 536 g/mol. The molecule has 3 aromatic carbocycles. The molecule has 0 heterocycles. The van der Waals surface area contributed by atoms with Crippen LogP contribution in [0.3, 0.4) is 0 Å². The lowest BCUT2D eigenvalue weighted by molar-refractivity contribution is -0.138. The van der Waals surface area contributed by atoms with Gasteiger partial charge in [-0.25, -0.2) is 4.79 Å². The summed E-state index contributed by atoms with van der Waals surface area (Å²) in [4.78, 5) is 36.7. The molecular formula is C27H25BrN2O5. The van der Waals surface area contributed by atoms with Gasteiger partial charge in [-0.1, -0.05) is 64.5 Å².